The minimum absolute atomic E-state index is 0.00524. The zero-order valence-electron chi connectivity index (χ0n) is 26.2. The number of benzene rings is 1. The Morgan fingerprint density at radius 1 is 1.04 bits per heavy atom. The number of alkyl halides is 5. The van der Waals surface area contributed by atoms with Crippen molar-refractivity contribution in [1.29, 1.82) is 0 Å². The second kappa shape index (κ2) is 13.2. The molecule has 1 aromatic carbocycles. The maximum Gasteiger partial charge on any atom is 0.501 e. The van der Waals surface area contributed by atoms with E-state index in [2.05, 4.69) is 35.8 Å². The van der Waals surface area contributed by atoms with Crippen LogP contribution in [0.15, 0.2) is 47.8 Å². The highest BCUT2D eigenvalue weighted by Gasteiger charge is 2.70. The van der Waals surface area contributed by atoms with Gasteiger partial charge in [0.2, 0.25) is 11.8 Å². The van der Waals surface area contributed by atoms with Crippen LogP contribution in [0.25, 0.3) is 0 Å². The first-order valence-electron chi connectivity index (χ1n) is 15.1. The number of hydrogen-bond acceptors (Lipinski definition) is 12. The molecule has 0 radical (unpaired) electrons. The van der Waals surface area contributed by atoms with E-state index in [1.165, 1.54) is 7.11 Å². The number of amides is 2. The largest absolute Gasteiger partial charge is 0.501 e. The van der Waals surface area contributed by atoms with Crippen LogP contribution in [0.5, 0.6) is 11.8 Å². The summed E-state index contributed by atoms with van der Waals surface area (Å²) in [6.07, 6.45) is 1.46. The number of ether oxygens (including phenoxy) is 3. The van der Waals surface area contributed by atoms with Gasteiger partial charge in [-0.1, -0.05) is 6.07 Å². The quantitative estimate of drug-likeness (QED) is 0.231. The lowest BCUT2D eigenvalue weighted by Crippen LogP contribution is -2.82. The van der Waals surface area contributed by atoms with E-state index >= 15 is 0 Å². The fourth-order valence-corrected chi connectivity index (χ4v) is 7.31. The van der Waals surface area contributed by atoms with Gasteiger partial charge < -0.3 is 30.2 Å². The average Bonchev–Trinajstić information content (AvgIpc) is 3.04. The van der Waals surface area contributed by atoms with Gasteiger partial charge in [0.25, 0.3) is 28.1 Å². The number of carbonyl (C=O) groups excluding carboxylic acids is 2. The number of sulfone groups is 1. The Hall–Kier alpha value is -4.69. The Kier molecular flexibility index (Phi) is 9.29. The average molecular weight is 728 g/mol. The summed E-state index contributed by atoms with van der Waals surface area (Å²) in [7, 11) is -4.48. The molecule has 3 aliphatic carbocycles. The first kappa shape index (κ1) is 35.1. The third-order valence-electron chi connectivity index (χ3n) is 8.74. The molecule has 4 fully saturated rings. The van der Waals surface area contributed by atoms with E-state index in [0.29, 0.717) is 19.3 Å². The summed E-state index contributed by atoms with van der Waals surface area (Å²) in [6, 6.07) is 4.62. The molecular weight excluding hydrogens is 697 g/mol. The summed E-state index contributed by atoms with van der Waals surface area (Å²) in [6.45, 7) is 1.79. The molecule has 2 aromatic heterocycles. The summed E-state index contributed by atoms with van der Waals surface area (Å²) in [5, 5.41) is 8.08. The van der Waals surface area contributed by atoms with E-state index in [9.17, 15) is 40.0 Å². The Morgan fingerprint density at radius 2 is 1.76 bits per heavy atom. The van der Waals surface area contributed by atoms with Gasteiger partial charge in [0, 0.05) is 35.9 Å². The lowest BCUT2D eigenvalue weighted by atomic mass is 9.43. The van der Waals surface area contributed by atoms with Crippen molar-refractivity contribution in [1.82, 2.24) is 19.9 Å². The van der Waals surface area contributed by atoms with Gasteiger partial charge in [-0.25, -0.2) is 32.2 Å². The van der Waals surface area contributed by atoms with Crippen molar-refractivity contribution < 1.29 is 54.2 Å². The number of halogens is 5. The number of hydrogen-bond donors (Lipinski definition) is 3. The van der Waals surface area contributed by atoms with Gasteiger partial charge in [-0.3, -0.25) is 14.5 Å². The van der Waals surface area contributed by atoms with Crippen LogP contribution in [0.1, 0.15) is 40.0 Å². The number of aromatic nitrogens is 3. The zero-order valence-corrected chi connectivity index (χ0v) is 27.0. The predicted molar refractivity (Wildman–Crippen MR) is 165 cm³/mol. The molecule has 2 bridgehead atoms. The molecule has 7 rings (SSSR count). The first-order chi connectivity index (χ1) is 23.7. The molecule has 3 saturated carbocycles. The number of rotatable bonds is 12. The Labute approximate surface area is 281 Å². The Morgan fingerprint density at radius 3 is 2.42 bits per heavy atom. The summed E-state index contributed by atoms with van der Waals surface area (Å²) in [4.78, 5) is 40.7. The van der Waals surface area contributed by atoms with Gasteiger partial charge in [-0.15, -0.1) is 0 Å². The summed E-state index contributed by atoms with van der Waals surface area (Å²) >= 11 is 0. The predicted octanol–water partition coefficient (Wildman–Crippen LogP) is 3.74. The number of carbonyl (C=O) groups is 2. The monoisotopic (exact) mass is 727 g/mol. The summed E-state index contributed by atoms with van der Waals surface area (Å²) in [5.41, 5.74) is -7.18. The first-order valence-corrected chi connectivity index (χ1v) is 16.6. The van der Waals surface area contributed by atoms with Gasteiger partial charge in [0.15, 0.2) is 6.61 Å². The molecule has 20 heteroatoms. The van der Waals surface area contributed by atoms with Crippen LogP contribution < -0.4 is 25.4 Å². The van der Waals surface area contributed by atoms with Gasteiger partial charge >= 0.3 is 5.51 Å². The van der Waals surface area contributed by atoms with E-state index in [4.69, 9.17) is 14.2 Å². The van der Waals surface area contributed by atoms with Gasteiger partial charge in [0.05, 0.1) is 42.7 Å². The molecule has 0 unspecified atom stereocenters. The zero-order chi connectivity index (χ0) is 35.9. The van der Waals surface area contributed by atoms with Crippen molar-refractivity contribution >= 4 is 38.8 Å². The third-order valence-corrected chi connectivity index (χ3v) is 10.2. The highest BCUT2D eigenvalue weighted by atomic mass is 32.2. The van der Waals surface area contributed by atoms with Crippen LogP contribution in [0.4, 0.5) is 39.1 Å². The van der Waals surface area contributed by atoms with E-state index in [-0.39, 0.29) is 39.7 Å². The van der Waals surface area contributed by atoms with Crippen molar-refractivity contribution in [3.8, 4) is 11.8 Å². The number of nitrogens with zero attached hydrogens (tertiary/aromatic N) is 4. The van der Waals surface area contributed by atoms with Crippen LogP contribution >= 0.6 is 0 Å². The van der Waals surface area contributed by atoms with Crippen molar-refractivity contribution in [2.24, 2.45) is 0 Å². The molecule has 50 heavy (non-hydrogen) atoms. The topological polar surface area (TPSA) is 174 Å². The second-order valence-electron chi connectivity index (χ2n) is 12.0. The fourth-order valence-electron chi connectivity index (χ4n) is 6.50. The standard InChI is InChI=1S/C30H30F5N7O7S/c1-47-22-10-19(25(43)39-17-3-2-4-18(9-17)50(45,46)30(33,34)35)20(11-36-22)40-26(44)23-24(37-16-38-27(23)49-12-21(31)32)41-28-13-29(14-28,15-28)42-5-7-48-8-6-42/h2-4,9-11,16,21H,5-8,12-15H2,1H3,(H,39,43)(H,40,44)(H,37,38,41). The SMILES string of the molecule is COc1cc(C(=O)Nc2cccc(S(=O)(=O)C(F)(F)F)c2)c(NC(=O)c2c(NC34CC(N5CCOCC5)(C3)C4)ncnc2OCC(F)F)cn1. The Bertz CT molecular complexity index is 1890. The van der Waals surface area contributed by atoms with Crippen molar-refractivity contribution in [3.63, 3.8) is 0 Å². The van der Waals surface area contributed by atoms with Crippen LogP contribution in [0, 0.1) is 0 Å². The third kappa shape index (κ3) is 6.73. The molecule has 1 aliphatic heterocycles. The van der Waals surface area contributed by atoms with E-state index in [0.717, 1.165) is 69.1 Å². The van der Waals surface area contributed by atoms with Crippen LogP contribution in [0.3, 0.4) is 0 Å². The number of pyridine rings is 1. The van der Waals surface area contributed by atoms with Crippen LogP contribution in [0.2, 0.25) is 0 Å². The molecular formula is C30H30F5N7O7S. The van der Waals surface area contributed by atoms with E-state index in [1.54, 1.807) is 0 Å². The summed E-state index contributed by atoms with van der Waals surface area (Å²) < 4.78 is 105. The van der Waals surface area contributed by atoms with Crippen molar-refractivity contribution in [2.45, 2.75) is 47.2 Å². The van der Waals surface area contributed by atoms with Gasteiger partial charge in [0.1, 0.15) is 17.7 Å². The van der Waals surface area contributed by atoms with E-state index < -0.39 is 56.5 Å². The van der Waals surface area contributed by atoms with E-state index in [1.807, 2.05) is 0 Å². The minimum Gasteiger partial charge on any atom is -0.481 e. The lowest BCUT2D eigenvalue weighted by molar-refractivity contribution is -0.172. The number of anilines is 3. The minimum atomic E-state index is -5.72. The highest BCUT2D eigenvalue weighted by Crippen LogP contribution is 2.65. The smallest absolute Gasteiger partial charge is 0.481 e. The maximum atomic E-state index is 13.9. The normalized spacial score (nSPS) is 21.8. The highest BCUT2D eigenvalue weighted by molar-refractivity contribution is 7.92. The van der Waals surface area contributed by atoms with Crippen LogP contribution in [-0.4, -0.2) is 103 Å². The Balaban J connectivity index is 1.26. The van der Waals surface area contributed by atoms with Crippen molar-refractivity contribution in [3.05, 3.63) is 54.0 Å². The molecule has 2 amide bonds. The van der Waals surface area contributed by atoms with Crippen molar-refractivity contribution in [2.75, 3.05) is 56.0 Å². The molecule has 1 saturated heterocycles. The lowest BCUT2D eigenvalue weighted by Gasteiger charge is -2.74. The molecule has 3 heterocycles. The maximum absolute atomic E-state index is 13.9. The molecule has 4 aliphatic rings. The molecule has 268 valence electrons. The molecule has 14 nitrogen and oxygen atoms in total. The fraction of sp³-hybridized carbons (Fsp3) is 0.433. The van der Waals surface area contributed by atoms with Gasteiger partial charge in [-0.2, -0.15) is 13.2 Å². The molecule has 0 atom stereocenters. The number of morpholine rings is 1. The second-order valence-corrected chi connectivity index (χ2v) is 14.0. The number of methoxy groups -OCH3 is 1. The molecule has 3 aromatic rings. The summed E-state index contributed by atoms with van der Waals surface area (Å²) in [5.74, 6) is -2.50. The number of nitrogens with one attached hydrogen (secondary N) is 3. The molecule has 0 spiro atoms. The van der Waals surface area contributed by atoms with Gasteiger partial charge in [-0.05, 0) is 37.5 Å². The van der Waals surface area contributed by atoms with Crippen LogP contribution in [-0.2, 0) is 14.6 Å². The molecule has 3 N–H and O–H groups in total.